The highest BCUT2D eigenvalue weighted by atomic mass is 16.5. The van der Waals surface area contributed by atoms with Gasteiger partial charge in [-0.2, -0.15) is 0 Å². The molecule has 0 saturated heterocycles. The first-order valence-electron chi connectivity index (χ1n) is 13.6. The molecular weight excluding hydrogens is 490 g/mol. The Balaban J connectivity index is 1.53. The molecule has 3 aromatic carbocycles. The highest BCUT2D eigenvalue weighted by Crippen LogP contribution is 2.34. The molecule has 0 aliphatic heterocycles. The van der Waals surface area contributed by atoms with Gasteiger partial charge in [-0.25, -0.2) is 4.79 Å². The lowest BCUT2D eigenvalue weighted by molar-refractivity contribution is 0.0259. The van der Waals surface area contributed by atoms with Gasteiger partial charge in [0.25, 0.3) is 0 Å². The molecule has 0 fully saturated rings. The fraction of sp³-hybridized carbons (Fsp3) is 0.364. The largest absolute Gasteiger partial charge is 0.496 e. The summed E-state index contributed by atoms with van der Waals surface area (Å²) < 4.78 is 19.2. The van der Waals surface area contributed by atoms with Gasteiger partial charge in [-0.15, -0.1) is 0 Å². The molecule has 6 heteroatoms. The third kappa shape index (κ3) is 7.21. The number of aromatic nitrogens is 1. The summed E-state index contributed by atoms with van der Waals surface area (Å²) >= 11 is 0. The number of aliphatic hydroxyl groups excluding tert-OH is 1. The second kappa shape index (κ2) is 13.3. The molecule has 0 aliphatic rings. The topological polar surface area (TPSA) is 69.9 Å². The molecule has 39 heavy (non-hydrogen) atoms. The van der Waals surface area contributed by atoms with Crippen LogP contribution in [0.3, 0.4) is 0 Å². The van der Waals surface area contributed by atoms with Gasteiger partial charge in [-0.1, -0.05) is 56.7 Å². The van der Waals surface area contributed by atoms with Crippen LogP contribution in [0.15, 0.2) is 72.9 Å². The summed E-state index contributed by atoms with van der Waals surface area (Å²) in [5.74, 6) is 1.85. The first kappa shape index (κ1) is 28.2. The third-order valence-electron chi connectivity index (χ3n) is 6.99. The minimum Gasteiger partial charge on any atom is -0.496 e. The summed E-state index contributed by atoms with van der Waals surface area (Å²) in [5.41, 5.74) is 4.68. The Kier molecular flexibility index (Phi) is 9.66. The molecule has 6 nitrogen and oxygen atoms in total. The molecule has 0 unspecified atom stereocenters. The maximum atomic E-state index is 12.3. The average Bonchev–Trinajstić information content (AvgIpc) is 3.29. The van der Waals surface area contributed by atoms with Gasteiger partial charge in [0.15, 0.2) is 0 Å². The molecule has 206 valence electrons. The molecule has 0 amide bonds. The van der Waals surface area contributed by atoms with Crippen LogP contribution in [0.4, 0.5) is 0 Å². The van der Waals surface area contributed by atoms with Crippen molar-refractivity contribution >= 4 is 16.9 Å². The van der Waals surface area contributed by atoms with Gasteiger partial charge in [0.2, 0.25) is 0 Å². The van der Waals surface area contributed by atoms with E-state index in [1.807, 2.05) is 18.2 Å². The van der Waals surface area contributed by atoms with Gasteiger partial charge in [0.1, 0.15) is 18.1 Å². The van der Waals surface area contributed by atoms with Crippen molar-refractivity contribution in [3.05, 3.63) is 95.2 Å². The van der Waals surface area contributed by atoms with Crippen molar-refractivity contribution < 1.29 is 24.1 Å². The number of hydrogen-bond donors (Lipinski definition) is 1. The Morgan fingerprint density at radius 1 is 0.949 bits per heavy atom. The van der Waals surface area contributed by atoms with Crippen LogP contribution < -0.4 is 9.47 Å². The van der Waals surface area contributed by atoms with Crippen molar-refractivity contribution in [1.82, 2.24) is 4.57 Å². The Hall–Kier alpha value is -3.77. The number of nitrogens with zero attached hydrogens (tertiary/aromatic N) is 1. The molecule has 0 radical (unpaired) electrons. The lowest BCUT2D eigenvalue weighted by atomic mass is 10.0. The van der Waals surface area contributed by atoms with Crippen LogP contribution in [0, 0.1) is 5.92 Å². The molecule has 1 heterocycles. The van der Waals surface area contributed by atoms with Crippen LogP contribution in [0.2, 0.25) is 0 Å². The van der Waals surface area contributed by atoms with E-state index in [2.05, 4.69) is 48.9 Å². The van der Waals surface area contributed by atoms with E-state index in [9.17, 15) is 9.90 Å². The summed E-state index contributed by atoms with van der Waals surface area (Å²) in [4.78, 5) is 12.3. The molecule has 4 aromatic rings. The van der Waals surface area contributed by atoms with Gasteiger partial charge >= 0.3 is 5.97 Å². The Morgan fingerprint density at radius 2 is 1.62 bits per heavy atom. The number of para-hydroxylation sites is 1. The number of aryl methyl sites for hydroxylation is 1. The zero-order valence-corrected chi connectivity index (χ0v) is 23.4. The smallest absolute Gasteiger partial charge is 0.338 e. The van der Waals surface area contributed by atoms with Crippen molar-refractivity contribution in [1.29, 1.82) is 0 Å². The van der Waals surface area contributed by atoms with Crippen molar-refractivity contribution in [2.45, 2.75) is 52.2 Å². The number of methoxy groups -OCH3 is 2. The monoisotopic (exact) mass is 529 g/mol. The van der Waals surface area contributed by atoms with Gasteiger partial charge in [-0.05, 0) is 60.2 Å². The van der Waals surface area contributed by atoms with Gasteiger partial charge in [0, 0.05) is 23.5 Å². The van der Waals surface area contributed by atoms with E-state index >= 15 is 0 Å². The van der Waals surface area contributed by atoms with Crippen LogP contribution >= 0.6 is 0 Å². The lowest BCUT2D eigenvalue weighted by Gasteiger charge is -2.17. The van der Waals surface area contributed by atoms with E-state index in [0.717, 1.165) is 46.4 Å². The molecule has 0 aliphatic carbocycles. The molecule has 0 saturated carbocycles. The predicted molar refractivity (Wildman–Crippen MR) is 155 cm³/mol. The first-order valence-corrected chi connectivity index (χ1v) is 13.6. The van der Waals surface area contributed by atoms with E-state index in [1.165, 1.54) is 12.0 Å². The number of carbonyl (C=O) groups is 1. The fourth-order valence-electron chi connectivity index (χ4n) is 4.98. The summed E-state index contributed by atoms with van der Waals surface area (Å²) in [6.07, 6.45) is 4.88. The van der Waals surface area contributed by atoms with Crippen molar-refractivity contribution in [2.75, 3.05) is 20.8 Å². The normalized spacial score (nSPS) is 12.1. The predicted octanol–water partition coefficient (Wildman–Crippen LogP) is 6.45. The minimum absolute atomic E-state index is 0.0762. The number of esters is 1. The number of ether oxygens (including phenoxy) is 3. The maximum Gasteiger partial charge on any atom is 0.338 e. The zero-order valence-electron chi connectivity index (χ0n) is 23.4. The van der Waals surface area contributed by atoms with E-state index in [1.54, 1.807) is 38.5 Å². The van der Waals surface area contributed by atoms with Crippen molar-refractivity contribution in [3.8, 4) is 11.5 Å². The third-order valence-corrected chi connectivity index (χ3v) is 6.99. The quantitative estimate of drug-likeness (QED) is 0.202. The lowest BCUT2D eigenvalue weighted by Crippen LogP contribution is -2.20. The van der Waals surface area contributed by atoms with Crippen LogP contribution in [0.1, 0.15) is 53.7 Å². The number of hydrogen-bond acceptors (Lipinski definition) is 5. The van der Waals surface area contributed by atoms with Gasteiger partial charge < -0.3 is 23.9 Å². The molecule has 0 bridgehead atoms. The van der Waals surface area contributed by atoms with E-state index in [-0.39, 0.29) is 6.61 Å². The van der Waals surface area contributed by atoms with Crippen LogP contribution in [0.25, 0.3) is 10.9 Å². The van der Waals surface area contributed by atoms with Crippen molar-refractivity contribution in [3.63, 3.8) is 0 Å². The van der Waals surface area contributed by atoms with E-state index in [4.69, 9.17) is 14.2 Å². The molecular formula is C33H39NO5. The van der Waals surface area contributed by atoms with Crippen LogP contribution in [0.5, 0.6) is 11.5 Å². The first-order chi connectivity index (χ1) is 18.9. The van der Waals surface area contributed by atoms with Crippen molar-refractivity contribution in [2.24, 2.45) is 5.92 Å². The Bertz CT molecular complexity index is 1350. The number of rotatable bonds is 13. The minimum atomic E-state index is -0.828. The number of carbonyl (C=O) groups excluding carboxylic acids is 1. The second-order valence-corrected chi connectivity index (χ2v) is 10.4. The van der Waals surface area contributed by atoms with E-state index < -0.39 is 12.1 Å². The van der Waals surface area contributed by atoms with Crippen LogP contribution in [-0.4, -0.2) is 42.6 Å². The van der Waals surface area contributed by atoms with E-state index in [0.29, 0.717) is 24.4 Å². The maximum absolute atomic E-state index is 12.3. The molecule has 0 spiro atoms. The fourth-order valence-corrected chi connectivity index (χ4v) is 4.98. The second-order valence-electron chi connectivity index (χ2n) is 10.4. The van der Waals surface area contributed by atoms with Crippen LogP contribution in [-0.2, 0) is 24.1 Å². The Morgan fingerprint density at radius 3 is 2.28 bits per heavy atom. The summed E-state index contributed by atoms with van der Waals surface area (Å²) in [7, 11) is 3.39. The highest BCUT2D eigenvalue weighted by Gasteiger charge is 2.18. The molecule has 1 aromatic heterocycles. The molecule has 1 atom stereocenters. The number of benzene rings is 3. The average molecular weight is 530 g/mol. The number of aliphatic hydroxyl groups is 1. The Labute approximate surface area is 231 Å². The highest BCUT2D eigenvalue weighted by molar-refractivity contribution is 5.89. The van der Waals surface area contributed by atoms with Gasteiger partial charge in [-0.3, -0.25) is 0 Å². The van der Waals surface area contributed by atoms with Gasteiger partial charge in [0.05, 0.1) is 38.0 Å². The zero-order chi connectivity index (χ0) is 27.8. The summed E-state index contributed by atoms with van der Waals surface area (Å²) in [6, 6.07) is 21.2. The number of fused-ring (bicyclic) bond motifs is 1. The standard InChI is InChI=1S/C33H39NO5/c1-23(2)11-10-12-24-17-31(37-3)29(32(18-24)38-4)21-34-20-26(28-15-8-9-16-30(28)34)19-27(35)22-39-33(36)25-13-6-5-7-14-25/h5-9,13-18,20,23,27,35H,10-12,19,21-22H2,1-4H3/t27-/m0/s1. The SMILES string of the molecule is COc1cc(CCCC(C)C)cc(OC)c1Cn1cc(C[C@H](O)COC(=O)c2ccccc2)c2ccccc21. The summed E-state index contributed by atoms with van der Waals surface area (Å²) in [5, 5.41) is 11.8. The molecule has 1 N–H and O–H groups in total. The summed E-state index contributed by atoms with van der Waals surface area (Å²) in [6.45, 7) is 4.97. The molecule has 4 rings (SSSR count).